The molecule has 76 valence electrons. The third-order valence-electron chi connectivity index (χ3n) is 1.44. The van der Waals surface area contributed by atoms with Gasteiger partial charge in [0.15, 0.2) is 5.69 Å². The molecule has 0 atom stereocenters. The van der Waals surface area contributed by atoms with E-state index < -0.39 is 23.7 Å². The van der Waals surface area contributed by atoms with Crippen molar-refractivity contribution in [3.8, 4) is 0 Å². The van der Waals surface area contributed by atoms with E-state index in [-0.39, 0.29) is 9.39 Å². The SMILES string of the molecule is Nc1cc(C(F)F)c(I)c(C(=O)O)n1. The van der Waals surface area contributed by atoms with E-state index in [1.807, 2.05) is 0 Å². The number of nitrogen functional groups attached to an aromatic ring is 1. The lowest BCUT2D eigenvalue weighted by atomic mass is 10.2. The van der Waals surface area contributed by atoms with E-state index in [2.05, 4.69) is 4.98 Å². The lowest BCUT2D eigenvalue weighted by Gasteiger charge is -2.06. The number of pyridine rings is 1. The molecule has 4 nitrogen and oxygen atoms in total. The number of rotatable bonds is 2. The lowest BCUT2D eigenvalue weighted by molar-refractivity contribution is 0.0688. The molecule has 0 unspecified atom stereocenters. The Hall–Kier alpha value is -0.990. The highest BCUT2D eigenvalue weighted by molar-refractivity contribution is 14.1. The predicted molar refractivity (Wildman–Crippen MR) is 53.3 cm³/mol. The number of carbonyl (C=O) groups is 1. The van der Waals surface area contributed by atoms with Crippen LogP contribution in [0.25, 0.3) is 0 Å². The normalized spacial score (nSPS) is 10.6. The Balaban J connectivity index is 3.40. The second-order valence-electron chi connectivity index (χ2n) is 2.40. The number of alkyl halides is 2. The van der Waals surface area contributed by atoms with Crippen LogP contribution in [0.3, 0.4) is 0 Å². The largest absolute Gasteiger partial charge is 0.476 e. The van der Waals surface area contributed by atoms with Crippen LogP contribution in [-0.2, 0) is 0 Å². The molecule has 0 aliphatic rings. The van der Waals surface area contributed by atoms with Gasteiger partial charge in [-0.3, -0.25) is 0 Å². The highest BCUT2D eigenvalue weighted by Gasteiger charge is 2.20. The maximum absolute atomic E-state index is 12.4. The highest BCUT2D eigenvalue weighted by atomic mass is 127. The van der Waals surface area contributed by atoms with Gasteiger partial charge in [-0.25, -0.2) is 18.6 Å². The van der Waals surface area contributed by atoms with Crippen molar-refractivity contribution in [2.24, 2.45) is 0 Å². The average molecular weight is 314 g/mol. The fourth-order valence-electron chi connectivity index (χ4n) is 0.870. The maximum Gasteiger partial charge on any atom is 0.355 e. The van der Waals surface area contributed by atoms with Crippen molar-refractivity contribution in [3.63, 3.8) is 0 Å². The van der Waals surface area contributed by atoms with E-state index in [9.17, 15) is 13.6 Å². The van der Waals surface area contributed by atoms with Gasteiger partial charge in [-0.2, -0.15) is 0 Å². The Kier molecular flexibility index (Phi) is 3.19. The Labute approximate surface area is 91.3 Å². The lowest BCUT2D eigenvalue weighted by Crippen LogP contribution is -2.09. The summed E-state index contributed by atoms with van der Waals surface area (Å²) in [4.78, 5) is 14.0. The molecular formula is C7H5F2IN2O2. The second-order valence-corrected chi connectivity index (χ2v) is 3.48. The minimum absolute atomic E-state index is 0.0840. The smallest absolute Gasteiger partial charge is 0.355 e. The first kappa shape index (κ1) is 11.1. The van der Waals surface area contributed by atoms with Gasteiger partial charge in [-0.1, -0.05) is 0 Å². The highest BCUT2D eigenvalue weighted by Crippen LogP contribution is 2.27. The van der Waals surface area contributed by atoms with Crippen molar-refractivity contribution in [1.82, 2.24) is 4.98 Å². The molecule has 7 heteroatoms. The van der Waals surface area contributed by atoms with Crippen molar-refractivity contribution in [1.29, 1.82) is 0 Å². The Bertz CT molecular complexity index is 384. The monoisotopic (exact) mass is 314 g/mol. The first-order valence-electron chi connectivity index (χ1n) is 3.41. The van der Waals surface area contributed by atoms with Crippen LogP contribution >= 0.6 is 22.6 Å². The summed E-state index contributed by atoms with van der Waals surface area (Å²) in [7, 11) is 0. The van der Waals surface area contributed by atoms with Crippen LogP contribution in [0.1, 0.15) is 22.5 Å². The molecule has 0 amide bonds. The Morgan fingerprint density at radius 1 is 1.64 bits per heavy atom. The zero-order valence-corrected chi connectivity index (χ0v) is 8.83. The van der Waals surface area contributed by atoms with E-state index in [0.29, 0.717) is 0 Å². The second kappa shape index (κ2) is 4.03. The number of nitrogens with two attached hydrogens (primary N) is 1. The van der Waals surface area contributed by atoms with Crippen LogP contribution in [0.2, 0.25) is 0 Å². The van der Waals surface area contributed by atoms with Gasteiger partial charge in [0.25, 0.3) is 6.43 Å². The topological polar surface area (TPSA) is 76.2 Å². The number of nitrogens with zero attached hydrogens (tertiary/aromatic N) is 1. The van der Waals surface area contributed by atoms with Crippen molar-refractivity contribution in [2.75, 3.05) is 5.73 Å². The summed E-state index contributed by atoms with van der Waals surface area (Å²) in [6.07, 6.45) is -2.76. The number of aromatic nitrogens is 1. The first-order valence-corrected chi connectivity index (χ1v) is 4.48. The summed E-state index contributed by atoms with van der Waals surface area (Å²) in [5.41, 5.74) is 4.34. The molecule has 0 aromatic carbocycles. The summed E-state index contributed by atoms with van der Waals surface area (Å²) < 4.78 is 24.7. The third kappa shape index (κ3) is 2.08. The van der Waals surface area contributed by atoms with Crippen LogP contribution in [0.5, 0.6) is 0 Å². The molecule has 14 heavy (non-hydrogen) atoms. The number of hydrogen-bond donors (Lipinski definition) is 2. The molecule has 0 spiro atoms. The van der Waals surface area contributed by atoms with E-state index in [1.165, 1.54) is 22.6 Å². The van der Waals surface area contributed by atoms with Crippen LogP contribution < -0.4 is 5.73 Å². The Morgan fingerprint density at radius 3 is 2.64 bits per heavy atom. The summed E-state index contributed by atoms with van der Waals surface area (Å²) >= 11 is 1.51. The zero-order valence-electron chi connectivity index (χ0n) is 6.67. The molecule has 1 heterocycles. The molecule has 0 aliphatic heterocycles. The Morgan fingerprint density at radius 2 is 2.21 bits per heavy atom. The van der Waals surface area contributed by atoms with E-state index in [1.54, 1.807) is 0 Å². The number of halogens is 3. The van der Waals surface area contributed by atoms with Gasteiger partial charge in [-0.05, 0) is 28.7 Å². The number of hydrogen-bond acceptors (Lipinski definition) is 3. The minimum atomic E-state index is -2.76. The van der Waals surface area contributed by atoms with Gasteiger partial charge in [0.1, 0.15) is 5.82 Å². The molecule has 1 aromatic heterocycles. The van der Waals surface area contributed by atoms with Gasteiger partial charge in [0, 0.05) is 5.56 Å². The van der Waals surface area contributed by atoms with Crippen molar-refractivity contribution in [3.05, 3.63) is 20.9 Å². The summed E-state index contributed by atoms with van der Waals surface area (Å²) in [6, 6.07) is 0.971. The zero-order chi connectivity index (χ0) is 10.9. The molecule has 0 saturated heterocycles. The quantitative estimate of drug-likeness (QED) is 0.818. The minimum Gasteiger partial charge on any atom is -0.476 e. The molecule has 0 radical (unpaired) electrons. The van der Waals surface area contributed by atoms with Crippen LogP contribution in [0.4, 0.5) is 14.6 Å². The van der Waals surface area contributed by atoms with Crippen molar-refractivity contribution < 1.29 is 18.7 Å². The predicted octanol–water partition coefficient (Wildman–Crippen LogP) is 1.90. The van der Waals surface area contributed by atoms with Crippen molar-refractivity contribution >= 4 is 34.4 Å². The van der Waals surface area contributed by atoms with Gasteiger partial charge in [0.2, 0.25) is 0 Å². The van der Waals surface area contributed by atoms with Gasteiger partial charge in [0.05, 0.1) is 3.57 Å². The molecule has 1 aromatic rings. The summed E-state index contributed by atoms with van der Waals surface area (Å²) in [5, 5.41) is 8.63. The van der Waals surface area contributed by atoms with Gasteiger partial charge >= 0.3 is 5.97 Å². The van der Waals surface area contributed by atoms with E-state index in [4.69, 9.17) is 10.8 Å². The first-order chi connectivity index (χ1) is 6.43. The fraction of sp³-hybridized carbons (Fsp3) is 0.143. The van der Waals surface area contributed by atoms with Crippen LogP contribution in [0, 0.1) is 3.57 Å². The number of carboxylic acids is 1. The molecule has 0 fully saturated rings. The van der Waals surface area contributed by atoms with Crippen LogP contribution in [0.15, 0.2) is 6.07 Å². The number of anilines is 1. The van der Waals surface area contributed by atoms with Crippen LogP contribution in [-0.4, -0.2) is 16.1 Å². The van der Waals surface area contributed by atoms with E-state index >= 15 is 0 Å². The van der Waals surface area contributed by atoms with E-state index in [0.717, 1.165) is 6.07 Å². The summed E-state index contributed by atoms with van der Waals surface area (Å²) in [5.74, 6) is -1.60. The maximum atomic E-state index is 12.4. The number of aromatic carboxylic acids is 1. The molecule has 0 aliphatic carbocycles. The number of carboxylic acid groups (broad SMARTS) is 1. The molecule has 3 N–H and O–H groups in total. The average Bonchev–Trinajstić information content (AvgIpc) is 2.07. The fourth-order valence-corrected chi connectivity index (χ4v) is 1.61. The molecule has 0 saturated carbocycles. The van der Waals surface area contributed by atoms with Gasteiger partial charge < -0.3 is 10.8 Å². The van der Waals surface area contributed by atoms with Gasteiger partial charge in [-0.15, -0.1) is 0 Å². The summed E-state index contributed by atoms with van der Waals surface area (Å²) in [6.45, 7) is 0. The van der Waals surface area contributed by atoms with Crippen molar-refractivity contribution in [2.45, 2.75) is 6.43 Å². The molecule has 0 bridgehead atoms. The molecule has 1 rings (SSSR count). The standard InChI is InChI=1S/C7H5F2IN2O2/c8-6(9)2-1-3(11)12-5(4(2)10)7(13)14/h1,6H,(H2,11,12)(H,13,14). The third-order valence-corrected chi connectivity index (χ3v) is 2.58. The molecular weight excluding hydrogens is 309 g/mol.